The Bertz CT molecular complexity index is 643. The second-order valence-electron chi connectivity index (χ2n) is 4.81. The van der Waals surface area contributed by atoms with Gasteiger partial charge in [-0.15, -0.1) is 0 Å². The summed E-state index contributed by atoms with van der Waals surface area (Å²) < 4.78 is 42.0. The van der Waals surface area contributed by atoms with E-state index in [4.69, 9.17) is 4.74 Å². The highest BCUT2D eigenvalue weighted by atomic mass is 32.2. The van der Waals surface area contributed by atoms with E-state index in [-0.39, 0.29) is 23.4 Å². The van der Waals surface area contributed by atoms with Crippen LogP contribution in [-0.4, -0.2) is 31.9 Å². The standard InChI is InChI=1S/C14H16FNO4S/c1-2-14(17)16-10-3-4-13(12(15)9-10)20-11-5-7-21(18,19)8-6-11/h2-4,9,11H,1,5-8H2,(H,16,17). The molecule has 1 aliphatic heterocycles. The fourth-order valence-electron chi connectivity index (χ4n) is 2.03. The van der Waals surface area contributed by atoms with E-state index in [2.05, 4.69) is 11.9 Å². The van der Waals surface area contributed by atoms with Crippen molar-refractivity contribution in [2.75, 3.05) is 16.8 Å². The topological polar surface area (TPSA) is 72.5 Å². The van der Waals surface area contributed by atoms with Crippen LogP contribution in [-0.2, 0) is 14.6 Å². The number of carbonyl (C=O) groups excluding carboxylic acids is 1. The first-order chi connectivity index (χ1) is 9.89. The summed E-state index contributed by atoms with van der Waals surface area (Å²) in [6.07, 6.45) is 1.50. The minimum absolute atomic E-state index is 0.0518. The van der Waals surface area contributed by atoms with Crippen LogP contribution < -0.4 is 10.1 Å². The van der Waals surface area contributed by atoms with E-state index in [9.17, 15) is 17.6 Å². The maximum atomic E-state index is 13.9. The van der Waals surface area contributed by atoms with Gasteiger partial charge >= 0.3 is 0 Å². The molecule has 1 aliphatic rings. The number of benzene rings is 1. The predicted octanol–water partition coefficient (Wildman–Crippen LogP) is 1.91. The summed E-state index contributed by atoms with van der Waals surface area (Å²) in [4.78, 5) is 11.1. The molecule has 0 saturated carbocycles. The molecule has 1 saturated heterocycles. The van der Waals surface area contributed by atoms with Crippen molar-refractivity contribution >= 4 is 21.4 Å². The molecule has 0 spiro atoms. The van der Waals surface area contributed by atoms with Crippen molar-refractivity contribution in [1.29, 1.82) is 0 Å². The Morgan fingerprint density at radius 3 is 2.62 bits per heavy atom. The maximum Gasteiger partial charge on any atom is 0.247 e. The smallest absolute Gasteiger partial charge is 0.247 e. The molecule has 1 N–H and O–H groups in total. The average molecular weight is 313 g/mol. The zero-order valence-electron chi connectivity index (χ0n) is 11.3. The van der Waals surface area contributed by atoms with Crippen molar-refractivity contribution in [3.63, 3.8) is 0 Å². The highest BCUT2D eigenvalue weighted by Gasteiger charge is 2.25. The molecule has 0 atom stereocenters. The van der Waals surface area contributed by atoms with Crippen molar-refractivity contribution in [2.45, 2.75) is 18.9 Å². The third kappa shape index (κ3) is 4.29. The molecule has 114 valence electrons. The van der Waals surface area contributed by atoms with Gasteiger partial charge in [-0.2, -0.15) is 0 Å². The molecule has 1 aromatic rings. The molecule has 0 radical (unpaired) electrons. The summed E-state index contributed by atoms with van der Waals surface area (Å²) in [6.45, 7) is 3.31. The highest BCUT2D eigenvalue weighted by Crippen LogP contribution is 2.25. The number of hydrogen-bond donors (Lipinski definition) is 1. The lowest BCUT2D eigenvalue weighted by molar-refractivity contribution is -0.111. The van der Waals surface area contributed by atoms with Crippen LogP contribution in [0.15, 0.2) is 30.9 Å². The van der Waals surface area contributed by atoms with E-state index in [1.54, 1.807) is 0 Å². The van der Waals surface area contributed by atoms with E-state index in [1.165, 1.54) is 12.1 Å². The second-order valence-corrected chi connectivity index (χ2v) is 7.11. The normalized spacial score (nSPS) is 18.0. The van der Waals surface area contributed by atoms with Crippen molar-refractivity contribution < 1.29 is 22.3 Å². The zero-order valence-corrected chi connectivity index (χ0v) is 12.2. The van der Waals surface area contributed by atoms with Gasteiger partial charge in [0.05, 0.1) is 11.5 Å². The van der Waals surface area contributed by atoms with Crippen LogP contribution in [0.3, 0.4) is 0 Å². The number of hydrogen-bond acceptors (Lipinski definition) is 4. The van der Waals surface area contributed by atoms with Gasteiger partial charge in [0.25, 0.3) is 0 Å². The third-order valence-electron chi connectivity index (χ3n) is 3.18. The molecule has 21 heavy (non-hydrogen) atoms. The van der Waals surface area contributed by atoms with E-state index in [0.29, 0.717) is 18.5 Å². The number of amides is 1. The van der Waals surface area contributed by atoms with Gasteiger partial charge < -0.3 is 10.1 Å². The first kappa shape index (κ1) is 15.5. The summed E-state index contributed by atoms with van der Waals surface area (Å²) in [5.74, 6) is -0.860. The molecule has 0 aliphatic carbocycles. The Labute approximate surface area is 122 Å². The molecule has 1 fully saturated rings. The van der Waals surface area contributed by atoms with Crippen LogP contribution in [0.5, 0.6) is 5.75 Å². The molecule has 1 heterocycles. The first-order valence-corrected chi connectivity index (χ1v) is 8.32. The predicted molar refractivity (Wildman–Crippen MR) is 77.5 cm³/mol. The van der Waals surface area contributed by atoms with Gasteiger partial charge in [0.1, 0.15) is 6.10 Å². The van der Waals surface area contributed by atoms with Gasteiger partial charge in [-0.25, -0.2) is 12.8 Å². The van der Waals surface area contributed by atoms with Crippen LogP contribution in [0.1, 0.15) is 12.8 Å². The Kier molecular flexibility index (Phi) is 4.62. The SMILES string of the molecule is C=CC(=O)Nc1ccc(OC2CCS(=O)(=O)CC2)c(F)c1. The summed E-state index contributed by atoms with van der Waals surface area (Å²) in [5.41, 5.74) is 0.302. The molecule has 7 heteroatoms. The summed E-state index contributed by atoms with van der Waals surface area (Å²) in [5, 5.41) is 2.44. The lowest BCUT2D eigenvalue weighted by atomic mass is 10.2. The summed E-state index contributed by atoms with van der Waals surface area (Å²) in [6, 6.07) is 4.08. The summed E-state index contributed by atoms with van der Waals surface area (Å²) >= 11 is 0. The maximum absolute atomic E-state index is 13.9. The minimum atomic E-state index is -2.97. The van der Waals surface area contributed by atoms with Crippen LogP contribution in [0, 0.1) is 5.82 Å². The van der Waals surface area contributed by atoms with Gasteiger partial charge in [0, 0.05) is 11.8 Å². The fourth-order valence-corrected chi connectivity index (χ4v) is 3.48. The average Bonchev–Trinajstić information content (AvgIpc) is 2.43. The number of nitrogens with one attached hydrogen (secondary N) is 1. The fraction of sp³-hybridized carbons (Fsp3) is 0.357. The van der Waals surface area contributed by atoms with Gasteiger partial charge in [-0.05, 0) is 31.1 Å². The van der Waals surface area contributed by atoms with E-state index in [0.717, 1.165) is 12.1 Å². The molecule has 2 rings (SSSR count). The number of ether oxygens (including phenoxy) is 1. The van der Waals surface area contributed by atoms with Crippen molar-refractivity contribution in [2.24, 2.45) is 0 Å². The molecule has 0 bridgehead atoms. The number of carbonyl (C=O) groups is 1. The lowest BCUT2D eigenvalue weighted by Crippen LogP contribution is -2.30. The van der Waals surface area contributed by atoms with E-state index in [1.807, 2.05) is 0 Å². The van der Waals surface area contributed by atoms with E-state index < -0.39 is 21.6 Å². The Balaban J connectivity index is 2.01. The van der Waals surface area contributed by atoms with Gasteiger partial charge in [-0.1, -0.05) is 6.58 Å². The van der Waals surface area contributed by atoms with Crippen LogP contribution in [0.25, 0.3) is 0 Å². The zero-order chi connectivity index (χ0) is 15.5. The Morgan fingerprint density at radius 2 is 2.05 bits per heavy atom. The van der Waals surface area contributed by atoms with Gasteiger partial charge in [-0.3, -0.25) is 4.79 Å². The van der Waals surface area contributed by atoms with Gasteiger partial charge in [0.15, 0.2) is 21.4 Å². The monoisotopic (exact) mass is 313 g/mol. The van der Waals surface area contributed by atoms with Crippen LogP contribution in [0.4, 0.5) is 10.1 Å². The van der Waals surface area contributed by atoms with Crippen LogP contribution in [0.2, 0.25) is 0 Å². The molecule has 0 aromatic heterocycles. The van der Waals surface area contributed by atoms with E-state index >= 15 is 0 Å². The quantitative estimate of drug-likeness (QED) is 0.862. The molecule has 1 aromatic carbocycles. The minimum Gasteiger partial charge on any atom is -0.487 e. The van der Waals surface area contributed by atoms with Crippen molar-refractivity contribution in [3.05, 3.63) is 36.7 Å². The molecule has 5 nitrogen and oxygen atoms in total. The second kappa shape index (κ2) is 6.26. The van der Waals surface area contributed by atoms with Crippen molar-refractivity contribution in [1.82, 2.24) is 0 Å². The highest BCUT2D eigenvalue weighted by molar-refractivity contribution is 7.91. The Hall–Kier alpha value is -1.89. The van der Waals surface area contributed by atoms with Crippen LogP contribution >= 0.6 is 0 Å². The third-order valence-corrected chi connectivity index (χ3v) is 4.90. The summed E-state index contributed by atoms with van der Waals surface area (Å²) in [7, 11) is -2.97. The molecule has 1 amide bonds. The van der Waals surface area contributed by atoms with Crippen molar-refractivity contribution in [3.8, 4) is 5.75 Å². The largest absolute Gasteiger partial charge is 0.487 e. The number of anilines is 1. The molecular formula is C14H16FNO4S. The number of rotatable bonds is 4. The first-order valence-electron chi connectivity index (χ1n) is 6.50. The Morgan fingerprint density at radius 1 is 1.38 bits per heavy atom. The van der Waals surface area contributed by atoms with Gasteiger partial charge in [0.2, 0.25) is 5.91 Å². The molecular weight excluding hydrogens is 297 g/mol. The molecule has 0 unspecified atom stereocenters. The number of halogens is 1. The lowest BCUT2D eigenvalue weighted by Gasteiger charge is -2.23. The number of sulfone groups is 1.